The molecule has 0 amide bonds. The third kappa shape index (κ3) is 2.93. The van der Waals surface area contributed by atoms with Crippen LogP contribution in [0.15, 0.2) is 58.1 Å². The molecule has 0 radical (unpaired) electrons. The van der Waals surface area contributed by atoms with Gasteiger partial charge in [0.15, 0.2) is 11.5 Å². The van der Waals surface area contributed by atoms with Gasteiger partial charge in [-0.05, 0) is 29.7 Å². The SMILES string of the molecule is COc1cc2c(cc1OC)-c1cc(=O)n(Cc3ccccc3)c(=O)n1CC2. The van der Waals surface area contributed by atoms with E-state index < -0.39 is 0 Å². The fourth-order valence-electron chi connectivity index (χ4n) is 3.57. The van der Waals surface area contributed by atoms with E-state index in [1.807, 2.05) is 42.5 Å². The highest BCUT2D eigenvalue weighted by atomic mass is 16.5. The molecule has 6 nitrogen and oxygen atoms in total. The summed E-state index contributed by atoms with van der Waals surface area (Å²) in [6.07, 6.45) is 0.687. The lowest BCUT2D eigenvalue weighted by Crippen LogP contribution is -2.41. The molecule has 0 saturated heterocycles. The molecule has 27 heavy (non-hydrogen) atoms. The highest BCUT2D eigenvalue weighted by molar-refractivity contribution is 5.70. The summed E-state index contributed by atoms with van der Waals surface area (Å²) in [5, 5.41) is 0. The molecule has 4 rings (SSSR count). The molecule has 0 N–H and O–H groups in total. The average molecular weight is 364 g/mol. The van der Waals surface area contributed by atoms with Crippen LogP contribution < -0.4 is 20.7 Å². The van der Waals surface area contributed by atoms with Gasteiger partial charge in [0.25, 0.3) is 5.56 Å². The van der Waals surface area contributed by atoms with Crippen LogP contribution in [0, 0.1) is 0 Å². The Morgan fingerprint density at radius 1 is 0.963 bits per heavy atom. The Kier molecular flexibility index (Phi) is 4.32. The lowest BCUT2D eigenvalue weighted by atomic mass is 9.97. The summed E-state index contributed by atoms with van der Waals surface area (Å²) in [6.45, 7) is 0.781. The summed E-state index contributed by atoms with van der Waals surface area (Å²) in [4.78, 5) is 25.7. The normalized spacial score (nSPS) is 12.2. The Balaban J connectivity index is 1.86. The number of methoxy groups -OCH3 is 2. The minimum atomic E-state index is -0.308. The lowest BCUT2D eigenvalue weighted by Gasteiger charge is -2.24. The van der Waals surface area contributed by atoms with Crippen LogP contribution in [0.2, 0.25) is 0 Å². The van der Waals surface area contributed by atoms with Gasteiger partial charge in [-0.15, -0.1) is 0 Å². The van der Waals surface area contributed by atoms with Crippen LogP contribution in [0.4, 0.5) is 0 Å². The maximum Gasteiger partial charge on any atom is 0.331 e. The predicted octanol–water partition coefficient (Wildman–Crippen LogP) is 2.30. The third-order valence-electron chi connectivity index (χ3n) is 4.95. The van der Waals surface area contributed by atoms with Crippen molar-refractivity contribution in [3.05, 3.63) is 80.5 Å². The smallest absolute Gasteiger partial charge is 0.331 e. The summed E-state index contributed by atoms with van der Waals surface area (Å²) in [6, 6.07) is 14.8. The maximum absolute atomic E-state index is 13.0. The third-order valence-corrected chi connectivity index (χ3v) is 4.95. The van der Waals surface area contributed by atoms with Gasteiger partial charge in [-0.25, -0.2) is 4.79 Å². The molecular formula is C21H20N2O4. The topological polar surface area (TPSA) is 62.5 Å². The van der Waals surface area contributed by atoms with Crippen LogP contribution >= 0.6 is 0 Å². The van der Waals surface area contributed by atoms with Crippen molar-refractivity contribution < 1.29 is 9.47 Å². The first kappa shape index (κ1) is 17.1. The average Bonchev–Trinajstić information content (AvgIpc) is 2.70. The van der Waals surface area contributed by atoms with Crippen LogP contribution in [0.25, 0.3) is 11.3 Å². The van der Waals surface area contributed by atoms with Gasteiger partial charge in [-0.3, -0.25) is 13.9 Å². The van der Waals surface area contributed by atoms with E-state index in [9.17, 15) is 9.59 Å². The van der Waals surface area contributed by atoms with Gasteiger partial charge in [0.05, 0.1) is 26.5 Å². The Labute approximate surface area is 156 Å². The lowest BCUT2D eigenvalue weighted by molar-refractivity contribution is 0.354. The van der Waals surface area contributed by atoms with Gasteiger partial charge in [-0.1, -0.05) is 30.3 Å². The van der Waals surface area contributed by atoms with E-state index >= 15 is 0 Å². The first-order valence-electron chi connectivity index (χ1n) is 8.76. The van der Waals surface area contributed by atoms with Crippen LogP contribution in [0.1, 0.15) is 11.1 Å². The molecule has 0 fully saturated rings. The molecule has 2 aromatic carbocycles. The monoisotopic (exact) mass is 364 g/mol. The minimum Gasteiger partial charge on any atom is -0.493 e. The Morgan fingerprint density at radius 2 is 1.67 bits per heavy atom. The number of hydrogen-bond donors (Lipinski definition) is 0. The maximum atomic E-state index is 13.0. The van der Waals surface area contributed by atoms with E-state index in [1.165, 1.54) is 10.6 Å². The highest BCUT2D eigenvalue weighted by Crippen LogP contribution is 2.37. The molecule has 138 valence electrons. The quantitative estimate of drug-likeness (QED) is 0.713. The summed E-state index contributed by atoms with van der Waals surface area (Å²) in [5.74, 6) is 1.22. The van der Waals surface area contributed by atoms with Gasteiger partial charge < -0.3 is 9.47 Å². The van der Waals surface area contributed by atoms with Gasteiger partial charge in [0.1, 0.15) is 0 Å². The molecular weight excluding hydrogens is 344 g/mol. The van der Waals surface area contributed by atoms with Crippen molar-refractivity contribution in [1.82, 2.24) is 9.13 Å². The molecule has 0 unspecified atom stereocenters. The van der Waals surface area contributed by atoms with E-state index in [2.05, 4.69) is 0 Å². The fraction of sp³-hybridized carbons (Fsp3) is 0.238. The number of fused-ring (bicyclic) bond motifs is 3. The second kappa shape index (κ2) is 6.79. The van der Waals surface area contributed by atoms with E-state index in [1.54, 1.807) is 18.8 Å². The van der Waals surface area contributed by atoms with Gasteiger partial charge >= 0.3 is 5.69 Å². The van der Waals surface area contributed by atoms with Crippen molar-refractivity contribution in [1.29, 1.82) is 0 Å². The van der Waals surface area contributed by atoms with Crippen LogP contribution in [0.5, 0.6) is 11.5 Å². The first-order valence-corrected chi connectivity index (χ1v) is 8.76. The number of nitrogens with zero attached hydrogens (tertiary/aromatic N) is 2. The Hall–Kier alpha value is -3.28. The molecule has 0 atom stereocenters. The van der Waals surface area contributed by atoms with Crippen molar-refractivity contribution in [3.8, 4) is 22.8 Å². The predicted molar refractivity (Wildman–Crippen MR) is 103 cm³/mol. The number of aromatic nitrogens is 2. The van der Waals surface area contributed by atoms with E-state index in [0.717, 1.165) is 16.7 Å². The fourth-order valence-corrected chi connectivity index (χ4v) is 3.57. The van der Waals surface area contributed by atoms with Crippen LogP contribution in [-0.4, -0.2) is 23.4 Å². The summed E-state index contributed by atoms with van der Waals surface area (Å²) in [5.41, 5.74) is 2.81. The molecule has 1 aliphatic rings. The van der Waals surface area contributed by atoms with Crippen molar-refractivity contribution in [2.75, 3.05) is 14.2 Å². The van der Waals surface area contributed by atoms with Gasteiger partial charge in [0.2, 0.25) is 0 Å². The minimum absolute atomic E-state index is 0.261. The van der Waals surface area contributed by atoms with Crippen molar-refractivity contribution >= 4 is 0 Å². The van der Waals surface area contributed by atoms with Crippen molar-refractivity contribution in [2.24, 2.45) is 0 Å². The molecule has 3 aromatic rings. The highest BCUT2D eigenvalue weighted by Gasteiger charge is 2.22. The molecule has 2 heterocycles. The second-order valence-electron chi connectivity index (χ2n) is 6.49. The summed E-state index contributed by atoms with van der Waals surface area (Å²) < 4.78 is 13.7. The zero-order chi connectivity index (χ0) is 19.0. The van der Waals surface area contributed by atoms with Gasteiger partial charge in [-0.2, -0.15) is 0 Å². The van der Waals surface area contributed by atoms with Crippen LogP contribution in [-0.2, 0) is 19.5 Å². The Bertz CT molecular complexity index is 1110. The molecule has 1 aliphatic heterocycles. The summed E-state index contributed by atoms with van der Waals surface area (Å²) >= 11 is 0. The number of ether oxygens (including phenoxy) is 2. The number of benzene rings is 2. The number of rotatable bonds is 4. The standard InChI is InChI=1S/C21H20N2O4/c1-26-18-10-15-8-9-22-17(16(15)11-19(18)27-2)12-20(24)23(21(22)25)13-14-6-4-3-5-7-14/h3-7,10-12H,8-9,13H2,1-2H3. The van der Waals surface area contributed by atoms with E-state index in [-0.39, 0.29) is 17.8 Å². The van der Waals surface area contributed by atoms with E-state index in [4.69, 9.17) is 9.47 Å². The number of aryl methyl sites for hydroxylation is 1. The molecule has 0 spiro atoms. The molecule has 0 bridgehead atoms. The van der Waals surface area contributed by atoms with Crippen molar-refractivity contribution in [2.45, 2.75) is 19.5 Å². The molecule has 0 aliphatic carbocycles. The summed E-state index contributed by atoms with van der Waals surface area (Å²) in [7, 11) is 3.16. The molecule has 0 saturated carbocycles. The molecule has 6 heteroatoms. The zero-order valence-corrected chi connectivity index (χ0v) is 15.3. The Morgan fingerprint density at radius 3 is 2.37 bits per heavy atom. The second-order valence-corrected chi connectivity index (χ2v) is 6.49. The van der Waals surface area contributed by atoms with Gasteiger partial charge in [0, 0.05) is 18.2 Å². The number of hydrogen-bond acceptors (Lipinski definition) is 4. The zero-order valence-electron chi connectivity index (χ0n) is 15.3. The van der Waals surface area contributed by atoms with Crippen LogP contribution in [0.3, 0.4) is 0 Å². The first-order chi connectivity index (χ1) is 13.1. The largest absolute Gasteiger partial charge is 0.493 e. The van der Waals surface area contributed by atoms with Crippen molar-refractivity contribution in [3.63, 3.8) is 0 Å². The van der Waals surface area contributed by atoms with E-state index in [0.29, 0.717) is 30.2 Å². The molecule has 1 aromatic heterocycles.